The largest absolute Gasteiger partial charge is 0.463 e. The number of carbonyl (C=O) groups excluding carboxylic acids is 2. The van der Waals surface area contributed by atoms with Gasteiger partial charge in [0.25, 0.3) is 0 Å². The van der Waals surface area contributed by atoms with Crippen molar-refractivity contribution in [3.63, 3.8) is 0 Å². The minimum Gasteiger partial charge on any atom is -0.463 e. The lowest BCUT2D eigenvalue weighted by Gasteiger charge is -2.04. The molecule has 6 nitrogen and oxygen atoms in total. The summed E-state index contributed by atoms with van der Waals surface area (Å²) < 4.78 is 14.9. The number of aryl methyl sites for hydroxylation is 1. The van der Waals surface area contributed by atoms with Gasteiger partial charge in [0.2, 0.25) is 5.76 Å². The van der Waals surface area contributed by atoms with Crippen LogP contribution >= 0.6 is 0 Å². The molecule has 0 aliphatic heterocycles. The fourth-order valence-electron chi connectivity index (χ4n) is 2.37. The number of para-hydroxylation sites is 1. The van der Waals surface area contributed by atoms with Crippen LogP contribution < -0.4 is 0 Å². The zero-order valence-electron chi connectivity index (χ0n) is 13.7. The third-order valence-corrected chi connectivity index (χ3v) is 3.67. The summed E-state index contributed by atoms with van der Waals surface area (Å²) in [6.07, 6.45) is 0.713. The molecule has 6 heteroatoms. The first kappa shape index (κ1) is 16.7. The summed E-state index contributed by atoms with van der Waals surface area (Å²) in [5.41, 5.74) is 1.74. The Morgan fingerprint density at radius 1 is 1.08 bits per heavy atom. The Kier molecular flexibility index (Phi) is 5.09. The molecule has 0 atom stereocenters. The van der Waals surface area contributed by atoms with Gasteiger partial charge in [0.1, 0.15) is 12.4 Å². The van der Waals surface area contributed by atoms with Gasteiger partial charge in [-0.2, -0.15) is 0 Å². The van der Waals surface area contributed by atoms with E-state index in [1.807, 2.05) is 36.4 Å². The number of hydrogen-bond donors (Lipinski definition) is 0. The lowest BCUT2D eigenvalue weighted by Crippen LogP contribution is -2.06. The zero-order valence-corrected chi connectivity index (χ0v) is 13.7. The second-order valence-electron chi connectivity index (χ2n) is 5.41. The fraction of sp³-hybridized carbons (Fsp3) is 0.211. The maximum Gasteiger partial charge on any atom is 0.373 e. The number of esters is 2. The standard InChI is InChI=1S/C19H17NO5/c1-23-19(22)17-10-9-15(25-17)12-24-18(21)11-8-14-7-6-13-4-2-3-5-16(13)20-14/h2-7,9-10H,8,11-12H2,1H3. The number of rotatable bonds is 6. The topological polar surface area (TPSA) is 78.6 Å². The number of carbonyl (C=O) groups is 2. The summed E-state index contributed by atoms with van der Waals surface area (Å²) in [6.45, 7) is -0.0268. The summed E-state index contributed by atoms with van der Waals surface area (Å²) >= 11 is 0. The predicted molar refractivity (Wildman–Crippen MR) is 89.9 cm³/mol. The van der Waals surface area contributed by atoms with Gasteiger partial charge in [-0.15, -0.1) is 0 Å². The van der Waals surface area contributed by atoms with E-state index >= 15 is 0 Å². The van der Waals surface area contributed by atoms with Gasteiger partial charge in [0, 0.05) is 17.5 Å². The number of aromatic nitrogens is 1. The second kappa shape index (κ2) is 7.61. The van der Waals surface area contributed by atoms with E-state index in [1.54, 1.807) is 6.07 Å². The molecule has 128 valence electrons. The van der Waals surface area contributed by atoms with E-state index < -0.39 is 5.97 Å². The van der Waals surface area contributed by atoms with Crippen LogP contribution in [0.25, 0.3) is 10.9 Å². The number of fused-ring (bicyclic) bond motifs is 1. The van der Waals surface area contributed by atoms with Crippen molar-refractivity contribution in [2.45, 2.75) is 19.4 Å². The quantitative estimate of drug-likeness (QED) is 0.641. The number of ether oxygens (including phenoxy) is 2. The summed E-state index contributed by atoms with van der Waals surface area (Å²) in [4.78, 5) is 27.7. The molecule has 0 N–H and O–H groups in total. The minimum atomic E-state index is -0.569. The maximum atomic E-state index is 11.9. The smallest absolute Gasteiger partial charge is 0.373 e. The summed E-state index contributed by atoms with van der Waals surface area (Å²) in [5.74, 6) is -0.461. The van der Waals surface area contributed by atoms with Gasteiger partial charge in [-0.3, -0.25) is 9.78 Å². The summed E-state index contributed by atoms with van der Waals surface area (Å²) in [6, 6.07) is 14.8. The first-order valence-electron chi connectivity index (χ1n) is 7.83. The highest BCUT2D eigenvalue weighted by atomic mass is 16.5. The van der Waals surface area contributed by atoms with Gasteiger partial charge in [-0.05, 0) is 24.3 Å². The Morgan fingerprint density at radius 2 is 1.92 bits per heavy atom. The Bertz CT molecular complexity index is 899. The Balaban J connectivity index is 1.50. The average molecular weight is 339 g/mol. The van der Waals surface area contributed by atoms with Crippen molar-refractivity contribution in [3.05, 3.63) is 65.7 Å². The van der Waals surface area contributed by atoms with Gasteiger partial charge in [0.15, 0.2) is 0 Å². The molecule has 0 amide bonds. The average Bonchev–Trinajstić information content (AvgIpc) is 3.13. The van der Waals surface area contributed by atoms with Gasteiger partial charge >= 0.3 is 11.9 Å². The van der Waals surface area contributed by atoms with Crippen LogP contribution in [0.1, 0.15) is 28.4 Å². The molecule has 0 aliphatic rings. The van der Waals surface area contributed by atoms with Crippen molar-refractivity contribution in [2.75, 3.05) is 7.11 Å². The summed E-state index contributed by atoms with van der Waals surface area (Å²) in [7, 11) is 1.27. The monoisotopic (exact) mass is 339 g/mol. The van der Waals surface area contributed by atoms with E-state index in [9.17, 15) is 9.59 Å². The lowest BCUT2D eigenvalue weighted by molar-refractivity contribution is -0.145. The Morgan fingerprint density at radius 3 is 2.76 bits per heavy atom. The third kappa shape index (κ3) is 4.23. The molecule has 0 spiro atoms. The first-order valence-corrected chi connectivity index (χ1v) is 7.83. The molecule has 25 heavy (non-hydrogen) atoms. The highest BCUT2D eigenvalue weighted by Crippen LogP contribution is 2.14. The van der Waals surface area contributed by atoms with Crippen molar-refractivity contribution < 1.29 is 23.5 Å². The van der Waals surface area contributed by atoms with Crippen molar-refractivity contribution in [1.29, 1.82) is 0 Å². The molecule has 0 saturated heterocycles. The van der Waals surface area contributed by atoms with Crippen LogP contribution in [0.3, 0.4) is 0 Å². The molecule has 0 bridgehead atoms. The van der Waals surface area contributed by atoms with Crippen molar-refractivity contribution in [1.82, 2.24) is 4.98 Å². The lowest BCUT2D eigenvalue weighted by atomic mass is 10.1. The molecule has 0 fully saturated rings. The van der Waals surface area contributed by atoms with E-state index in [0.717, 1.165) is 16.6 Å². The maximum absolute atomic E-state index is 11.9. The highest BCUT2D eigenvalue weighted by Gasteiger charge is 2.12. The van der Waals surface area contributed by atoms with Crippen molar-refractivity contribution >= 4 is 22.8 Å². The summed E-state index contributed by atoms with van der Waals surface area (Å²) in [5, 5.41) is 1.06. The van der Waals surface area contributed by atoms with Gasteiger partial charge < -0.3 is 13.9 Å². The molecule has 3 aromatic rings. The van der Waals surface area contributed by atoms with Crippen LogP contribution in [-0.2, 0) is 27.3 Å². The van der Waals surface area contributed by atoms with E-state index in [-0.39, 0.29) is 24.8 Å². The SMILES string of the molecule is COC(=O)c1ccc(COC(=O)CCc2ccc3ccccc3n2)o1. The van der Waals surface area contributed by atoms with Crippen LogP contribution in [-0.4, -0.2) is 24.0 Å². The van der Waals surface area contributed by atoms with Crippen LogP contribution in [0.15, 0.2) is 52.9 Å². The van der Waals surface area contributed by atoms with Crippen LogP contribution in [0.2, 0.25) is 0 Å². The molecule has 1 aromatic carbocycles. The van der Waals surface area contributed by atoms with Crippen molar-refractivity contribution in [3.8, 4) is 0 Å². The van der Waals surface area contributed by atoms with Gasteiger partial charge in [0.05, 0.1) is 19.0 Å². The van der Waals surface area contributed by atoms with E-state index in [2.05, 4.69) is 9.72 Å². The normalized spacial score (nSPS) is 10.6. The third-order valence-electron chi connectivity index (χ3n) is 3.67. The molecule has 0 saturated carbocycles. The first-order chi connectivity index (χ1) is 12.2. The second-order valence-corrected chi connectivity index (χ2v) is 5.41. The van der Waals surface area contributed by atoms with E-state index in [1.165, 1.54) is 13.2 Å². The Labute approximate surface area is 144 Å². The van der Waals surface area contributed by atoms with Crippen LogP contribution in [0.4, 0.5) is 0 Å². The van der Waals surface area contributed by atoms with Crippen molar-refractivity contribution in [2.24, 2.45) is 0 Å². The number of nitrogens with zero attached hydrogens (tertiary/aromatic N) is 1. The molecule has 3 rings (SSSR count). The molecular formula is C19H17NO5. The molecule has 0 radical (unpaired) electrons. The fourth-order valence-corrected chi connectivity index (χ4v) is 2.37. The van der Waals surface area contributed by atoms with Crippen LogP contribution in [0.5, 0.6) is 0 Å². The number of hydrogen-bond acceptors (Lipinski definition) is 6. The van der Waals surface area contributed by atoms with Gasteiger partial charge in [-0.1, -0.05) is 24.3 Å². The predicted octanol–water partition coefficient (Wildman–Crippen LogP) is 3.29. The molecular weight excluding hydrogens is 322 g/mol. The Hall–Kier alpha value is -3.15. The molecule has 2 heterocycles. The number of furan rings is 1. The molecule has 0 unspecified atom stereocenters. The van der Waals surface area contributed by atoms with Crippen LogP contribution in [0, 0.1) is 0 Å². The van der Waals surface area contributed by atoms with Gasteiger partial charge in [-0.25, -0.2) is 4.79 Å². The number of pyridine rings is 1. The molecule has 0 aliphatic carbocycles. The molecule has 2 aromatic heterocycles. The number of methoxy groups -OCH3 is 1. The van der Waals surface area contributed by atoms with E-state index in [4.69, 9.17) is 9.15 Å². The minimum absolute atomic E-state index is 0.0268. The van der Waals surface area contributed by atoms with E-state index in [0.29, 0.717) is 12.2 Å². The number of benzene rings is 1. The zero-order chi connectivity index (χ0) is 17.6. The highest BCUT2D eigenvalue weighted by molar-refractivity contribution is 5.86.